The molecular weight excluding hydrogens is 292 g/mol. The summed E-state index contributed by atoms with van der Waals surface area (Å²) in [5.41, 5.74) is -0.309. The first-order valence-electron chi connectivity index (χ1n) is 7.92. The molecule has 1 aliphatic heterocycles. The Morgan fingerprint density at radius 3 is 3.00 bits per heavy atom. The fourth-order valence-corrected chi connectivity index (χ4v) is 3.09. The third-order valence-corrected chi connectivity index (χ3v) is 4.18. The first-order chi connectivity index (χ1) is 11.0. The summed E-state index contributed by atoms with van der Waals surface area (Å²) >= 11 is 0. The van der Waals surface area contributed by atoms with Crippen molar-refractivity contribution >= 4 is 5.91 Å². The van der Waals surface area contributed by atoms with Crippen molar-refractivity contribution in [2.45, 2.75) is 25.0 Å². The fourth-order valence-electron chi connectivity index (χ4n) is 3.09. The lowest BCUT2D eigenvalue weighted by molar-refractivity contribution is -0.159. The maximum absolute atomic E-state index is 12.7. The Balaban J connectivity index is 2.07. The normalized spacial score (nSPS) is 21.6. The Bertz CT molecular complexity index is 561. The smallest absolute Gasteiger partial charge is 0.256 e. The van der Waals surface area contributed by atoms with Crippen LogP contribution in [0.25, 0.3) is 0 Å². The fraction of sp³-hybridized carbons (Fsp3) is 0.500. The standard InChI is InChI=1S/C18H26N2O3/c1-4-10-19(2)14-18(22)9-6-11-20(17(18)21)13-15-7-5-8-16(12-15)23-3/h4-5,7-8,12,22H,1,6,9-11,13-14H2,2-3H3/t18-/m0/s1. The van der Waals surface area contributed by atoms with Crippen molar-refractivity contribution < 1.29 is 14.6 Å². The molecule has 5 nitrogen and oxygen atoms in total. The van der Waals surface area contributed by atoms with Crippen LogP contribution in [0.4, 0.5) is 0 Å². The van der Waals surface area contributed by atoms with Crippen LogP contribution in [0.15, 0.2) is 36.9 Å². The highest BCUT2D eigenvalue weighted by molar-refractivity contribution is 5.86. The number of nitrogens with zero attached hydrogens (tertiary/aromatic N) is 2. The third kappa shape index (κ3) is 4.33. The van der Waals surface area contributed by atoms with Crippen molar-refractivity contribution in [2.75, 3.05) is 33.8 Å². The number of piperidine rings is 1. The van der Waals surface area contributed by atoms with Gasteiger partial charge in [0.1, 0.15) is 5.75 Å². The van der Waals surface area contributed by atoms with Gasteiger partial charge in [-0.05, 0) is 37.6 Å². The van der Waals surface area contributed by atoms with Crippen molar-refractivity contribution in [3.63, 3.8) is 0 Å². The molecule has 0 bridgehead atoms. The van der Waals surface area contributed by atoms with Crippen molar-refractivity contribution in [2.24, 2.45) is 0 Å². The summed E-state index contributed by atoms with van der Waals surface area (Å²) in [6.45, 7) is 5.82. The molecule has 0 spiro atoms. The Hall–Kier alpha value is -1.85. The topological polar surface area (TPSA) is 53.0 Å². The second-order valence-corrected chi connectivity index (χ2v) is 6.20. The van der Waals surface area contributed by atoms with Gasteiger partial charge in [-0.15, -0.1) is 6.58 Å². The molecule has 0 unspecified atom stereocenters. The average Bonchev–Trinajstić information content (AvgIpc) is 2.52. The molecule has 1 fully saturated rings. The summed E-state index contributed by atoms with van der Waals surface area (Å²) in [4.78, 5) is 16.4. The van der Waals surface area contributed by atoms with Gasteiger partial charge < -0.3 is 14.7 Å². The van der Waals surface area contributed by atoms with Crippen LogP contribution in [0.2, 0.25) is 0 Å². The summed E-state index contributed by atoms with van der Waals surface area (Å²) in [6, 6.07) is 7.67. The van der Waals surface area contributed by atoms with Crippen LogP contribution in [0.3, 0.4) is 0 Å². The van der Waals surface area contributed by atoms with Gasteiger partial charge in [-0.25, -0.2) is 0 Å². The molecule has 5 heteroatoms. The van der Waals surface area contributed by atoms with E-state index in [0.29, 0.717) is 32.6 Å². The molecule has 126 valence electrons. The number of likely N-dealkylation sites (tertiary alicyclic amines) is 1. The van der Waals surface area contributed by atoms with Gasteiger partial charge in [-0.3, -0.25) is 9.69 Å². The number of aliphatic hydroxyl groups is 1. The van der Waals surface area contributed by atoms with Crippen molar-refractivity contribution in [3.05, 3.63) is 42.5 Å². The van der Waals surface area contributed by atoms with Crippen molar-refractivity contribution in [3.8, 4) is 5.75 Å². The number of hydrogen-bond acceptors (Lipinski definition) is 4. The lowest BCUT2D eigenvalue weighted by atomic mass is 9.91. The third-order valence-electron chi connectivity index (χ3n) is 4.18. The first kappa shape index (κ1) is 17.5. The Morgan fingerprint density at radius 1 is 1.52 bits per heavy atom. The van der Waals surface area contributed by atoms with Crippen LogP contribution >= 0.6 is 0 Å². The molecule has 0 radical (unpaired) electrons. The van der Waals surface area contributed by atoms with Gasteiger partial charge in [-0.2, -0.15) is 0 Å². The minimum absolute atomic E-state index is 0.192. The molecule has 23 heavy (non-hydrogen) atoms. The molecule has 0 aliphatic carbocycles. The van der Waals surface area contributed by atoms with E-state index in [2.05, 4.69) is 6.58 Å². The number of amides is 1. The summed E-state index contributed by atoms with van der Waals surface area (Å²) in [5.74, 6) is 0.579. The lowest BCUT2D eigenvalue weighted by Gasteiger charge is -2.40. The predicted octanol–water partition coefficient (Wildman–Crippen LogP) is 1.67. The first-order valence-corrected chi connectivity index (χ1v) is 7.92. The van der Waals surface area contributed by atoms with Crippen LogP contribution in [0.1, 0.15) is 18.4 Å². The Morgan fingerprint density at radius 2 is 2.30 bits per heavy atom. The summed E-state index contributed by atoms with van der Waals surface area (Å²) in [7, 11) is 3.51. The SMILES string of the molecule is C=CCN(C)C[C@@]1(O)CCCN(Cc2cccc(OC)c2)C1=O. The highest BCUT2D eigenvalue weighted by atomic mass is 16.5. The highest BCUT2D eigenvalue weighted by Gasteiger charge is 2.42. The number of carbonyl (C=O) groups is 1. The van der Waals surface area contributed by atoms with Gasteiger partial charge in [0.15, 0.2) is 5.60 Å². The van der Waals surface area contributed by atoms with Gasteiger partial charge in [0, 0.05) is 26.2 Å². The van der Waals surface area contributed by atoms with Gasteiger partial charge in [0.05, 0.1) is 7.11 Å². The van der Waals surface area contributed by atoms with E-state index in [0.717, 1.165) is 17.7 Å². The molecule has 1 saturated heterocycles. The highest BCUT2D eigenvalue weighted by Crippen LogP contribution is 2.25. The number of methoxy groups -OCH3 is 1. The number of benzene rings is 1. The quantitative estimate of drug-likeness (QED) is 0.777. The molecule has 1 aromatic carbocycles. The largest absolute Gasteiger partial charge is 0.497 e. The molecule has 1 amide bonds. The number of carbonyl (C=O) groups excluding carboxylic acids is 1. The minimum Gasteiger partial charge on any atom is -0.497 e. The zero-order chi connectivity index (χ0) is 16.9. The molecule has 1 heterocycles. The zero-order valence-corrected chi connectivity index (χ0v) is 14.0. The summed E-state index contributed by atoms with van der Waals surface area (Å²) < 4.78 is 5.22. The number of hydrogen-bond donors (Lipinski definition) is 1. The van der Waals surface area contributed by atoms with Crippen LogP contribution in [-0.4, -0.2) is 60.2 Å². The maximum Gasteiger partial charge on any atom is 0.256 e. The van der Waals surface area contributed by atoms with E-state index in [4.69, 9.17) is 4.74 Å². The molecule has 1 aliphatic rings. The Kier molecular flexibility index (Phi) is 5.80. The van der Waals surface area contributed by atoms with Gasteiger partial charge in [0.25, 0.3) is 5.91 Å². The van der Waals surface area contributed by atoms with E-state index in [1.807, 2.05) is 36.2 Å². The molecular formula is C18H26N2O3. The van der Waals surface area contributed by atoms with E-state index in [1.165, 1.54) is 0 Å². The van der Waals surface area contributed by atoms with Gasteiger partial charge in [-0.1, -0.05) is 18.2 Å². The minimum atomic E-state index is -1.31. The summed E-state index contributed by atoms with van der Waals surface area (Å²) in [5, 5.41) is 10.8. The zero-order valence-electron chi connectivity index (χ0n) is 14.0. The van der Waals surface area contributed by atoms with Crippen LogP contribution < -0.4 is 4.74 Å². The van der Waals surface area contributed by atoms with Crippen molar-refractivity contribution in [1.29, 1.82) is 0 Å². The average molecular weight is 318 g/mol. The molecule has 0 saturated carbocycles. The second-order valence-electron chi connectivity index (χ2n) is 6.20. The maximum atomic E-state index is 12.7. The molecule has 0 aromatic heterocycles. The summed E-state index contributed by atoms with van der Waals surface area (Å²) in [6.07, 6.45) is 3.07. The second kappa shape index (κ2) is 7.62. The van der Waals surface area contributed by atoms with Gasteiger partial charge in [0.2, 0.25) is 0 Å². The van der Waals surface area contributed by atoms with Crippen molar-refractivity contribution in [1.82, 2.24) is 9.80 Å². The van der Waals surface area contributed by atoms with Gasteiger partial charge >= 0.3 is 0 Å². The molecule has 2 rings (SSSR count). The lowest BCUT2D eigenvalue weighted by Crippen LogP contribution is -2.57. The van der Waals surface area contributed by atoms with Crippen LogP contribution in [-0.2, 0) is 11.3 Å². The number of rotatable bonds is 7. The molecule has 1 atom stereocenters. The van der Waals surface area contributed by atoms with E-state index in [1.54, 1.807) is 18.1 Å². The van der Waals surface area contributed by atoms with E-state index >= 15 is 0 Å². The number of likely N-dealkylation sites (N-methyl/N-ethyl adjacent to an activating group) is 1. The Labute approximate surface area is 138 Å². The van der Waals surface area contributed by atoms with E-state index in [9.17, 15) is 9.90 Å². The van der Waals surface area contributed by atoms with E-state index in [-0.39, 0.29) is 5.91 Å². The van der Waals surface area contributed by atoms with Crippen LogP contribution in [0.5, 0.6) is 5.75 Å². The van der Waals surface area contributed by atoms with E-state index < -0.39 is 5.60 Å². The monoisotopic (exact) mass is 318 g/mol. The predicted molar refractivity (Wildman–Crippen MR) is 90.3 cm³/mol. The molecule has 1 aromatic rings. The molecule has 1 N–H and O–H groups in total. The van der Waals surface area contributed by atoms with Crippen LogP contribution in [0, 0.1) is 0 Å². The number of ether oxygens (including phenoxy) is 1.